The lowest BCUT2D eigenvalue weighted by Crippen LogP contribution is -2.21. The molecule has 0 aliphatic heterocycles. The van der Waals surface area contributed by atoms with Crippen LogP contribution < -0.4 is 0 Å². The molecule has 0 atom stereocenters. The summed E-state index contributed by atoms with van der Waals surface area (Å²) in [5, 5.41) is 0. The highest BCUT2D eigenvalue weighted by Gasteiger charge is 2.08. The molecule has 3 nitrogen and oxygen atoms in total. The van der Waals surface area contributed by atoms with Gasteiger partial charge >= 0.3 is 5.97 Å². The van der Waals surface area contributed by atoms with E-state index in [9.17, 15) is 9.00 Å². The number of carbonyl (C=O) groups is 1. The molecule has 0 aromatic rings. The third kappa shape index (κ3) is 5.75. The summed E-state index contributed by atoms with van der Waals surface area (Å²) in [7, 11) is -2.23. The zero-order valence-electron chi connectivity index (χ0n) is 6.59. The van der Waals surface area contributed by atoms with Crippen molar-refractivity contribution >= 4 is 15.9 Å². The van der Waals surface area contributed by atoms with E-state index >= 15 is 0 Å². The molecule has 0 N–H and O–H groups in total. The maximum Gasteiger partial charge on any atom is 0.316 e. The summed E-state index contributed by atoms with van der Waals surface area (Å²) in [6.07, 6.45) is 3.15. The number of thiol groups is 1. The molecule has 0 amide bonds. The van der Waals surface area contributed by atoms with Crippen LogP contribution in [0.15, 0.2) is 0 Å². The van der Waals surface area contributed by atoms with Crippen molar-refractivity contribution in [3.63, 3.8) is 0 Å². The van der Waals surface area contributed by atoms with Crippen molar-refractivity contribution in [2.75, 3.05) is 24.9 Å². The van der Waals surface area contributed by atoms with Crippen LogP contribution in [0.3, 0.4) is 0 Å². The number of hydrogen-bond acceptors (Lipinski definition) is 3. The molecule has 0 fully saturated rings. The van der Waals surface area contributed by atoms with Gasteiger partial charge in [-0.2, -0.15) is 0 Å². The van der Waals surface area contributed by atoms with Crippen molar-refractivity contribution in [2.24, 2.45) is 0 Å². The normalized spacial score (nSPS) is 12.7. The zero-order valence-corrected chi connectivity index (χ0v) is 7.48. The molecule has 0 bridgehead atoms. The van der Waals surface area contributed by atoms with Crippen LogP contribution in [0.5, 0.6) is 0 Å². The Kier molecular flexibility index (Phi) is 3.57. The molecule has 0 saturated carbocycles. The first-order valence-corrected chi connectivity index (χ1v) is 5.94. The van der Waals surface area contributed by atoms with E-state index in [2.05, 4.69) is 4.74 Å². The molecule has 0 rings (SSSR count). The SMILES string of the molecule is CCOC(=O)C[SH](C)(C)=O. The maximum absolute atomic E-state index is 11.0. The first-order chi connectivity index (χ1) is 4.45. The van der Waals surface area contributed by atoms with Crippen LogP contribution >= 0.6 is 0 Å². The Morgan fingerprint density at radius 2 is 2.00 bits per heavy atom. The molecule has 0 aromatic carbocycles. The molecular weight excluding hydrogens is 152 g/mol. The molecular formula is C6H14O3S. The average molecular weight is 166 g/mol. The van der Waals surface area contributed by atoms with Gasteiger partial charge in [0.05, 0.1) is 12.4 Å². The van der Waals surface area contributed by atoms with E-state index in [0.717, 1.165) is 0 Å². The molecule has 0 saturated heterocycles. The van der Waals surface area contributed by atoms with Gasteiger partial charge in [0, 0.05) is 0 Å². The third-order valence-electron chi connectivity index (χ3n) is 0.815. The van der Waals surface area contributed by atoms with Gasteiger partial charge in [0.15, 0.2) is 0 Å². The molecule has 0 heterocycles. The molecule has 0 unspecified atom stereocenters. The van der Waals surface area contributed by atoms with Crippen molar-refractivity contribution < 1.29 is 13.7 Å². The van der Waals surface area contributed by atoms with Crippen LogP contribution in [0, 0.1) is 0 Å². The zero-order chi connectivity index (χ0) is 8.20. The van der Waals surface area contributed by atoms with E-state index in [4.69, 9.17) is 0 Å². The Bertz CT molecular complexity index is 158. The fourth-order valence-electron chi connectivity index (χ4n) is 0.518. The van der Waals surface area contributed by atoms with Gasteiger partial charge in [-0.15, -0.1) is 0 Å². The second-order valence-electron chi connectivity index (χ2n) is 2.54. The maximum atomic E-state index is 11.0. The van der Waals surface area contributed by atoms with Crippen LogP contribution in [0.2, 0.25) is 0 Å². The number of carbonyl (C=O) groups excluding carboxylic acids is 1. The molecule has 0 aliphatic carbocycles. The smallest absolute Gasteiger partial charge is 0.316 e. The van der Waals surface area contributed by atoms with E-state index in [0.29, 0.717) is 6.61 Å². The summed E-state index contributed by atoms with van der Waals surface area (Å²) < 4.78 is 15.6. The van der Waals surface area contributed by atoms with Crippen LogP contribution in [0.25, 0.3) is 0 Å². The van der Waals surface area contributed by atoms with Crippen molar-refractivity contribution in [3.8, 4) is 0 Å². The minimum absolute atomic E-state index is 0.0564. The summed E-state index contributed by atoms with van der Waals surface area (Å²) >= 11 is 0. The summed E-state index contributed by atoms with van der Waals surface area (Å²) in [6.45, 7) is 2.09. The van der Waals surface area contributed by atoms with Crippen molar-refractivity contribution in [3.05, 3.63) is 0 Å². The predicted octanol–water partition coefficient (Wildman–Crippen LogP) is -0.174. The Hall–Kier alpha value is -0.380. The highest BCUT2D eigenvalue weighted by Crippen LogP contribution is 1.93. The van der Waals surface area contributed by atoms with Gasteiger partial charge in [-0.05, 0) is 19.4 Å². The second-order valence-corrected chi connectivity index (χ2v) is 6.00. The van der Waals surface area contributed by atoms with Gasteiger partial charge in [-0.3, -0.25) is 9.00 Å². The Morgan fingerprint density at radius 3 is 2.30 bits per heavy atom. The van der Waals surface area contributed by atoms with Crippen molar-refractivity contribution in [2.45, 2.75) is 6.92 Å². The highest BCUT2D eigenvalue weighted by molar-refractivity contribution is 8.02. The van der Waals surface area contributed by atoms with E-state index < -0.39 is 9.93 Å². The minimum atomic E-state index is -2.23. The van der Waals surface area contributed by atoms with E-state index in [1.54, 1.807) is 19.4 Å². The second kappa shape index (κ2) is 3.71. The van der Waals surface area contributed by atoms with E-state index in [-0.39, 0.29) is 11.7 Å². The lowest BCUT2D eigenvalue weighted by Gasteiger charge is -2.09. The molecule has 0 aromatic heterocycles. The fourth-order valence-corrected chi connectivity index (χ4v) is 1.23. The van der Waals surface area contributed by atoms with Crippen LogP contribution in [0.4, 0.5) is 0 Å². The number of hydrogen-bond donors (Lipinski definition) is 1. The van der Waals surface area contributed by atoms with Crippen molar-refractivity contribution in [1.29, 1.82) is 0 Å². The molecule has 0 aliphatic rings. The average Bonchev–Trinajstić information content (AvgIpc) is 1.59. The Balaban J connectivity index is 3.70. The number of rotatable bonds is 3. The first kappa shape index (κ1) is 9.62. The predicted molar refractivity (Wildman–Crippen MR) is 42.9 cm³/mol. The van der Waals surface area contributed by atoms with Gasteiger partial charge in [0.1, 0.15) is 0 Å². The number of ether oxygens (including phenoxy) is 1. The molecule has 10 heavy (non-hydrogen) atoms. The van der Waals surface area contributed by atoms with Gasteiger partial charge < -0.3 is 4.74 Å². The molecule has 0 spiro atoms. The monoisotopic (exact) mass is 166 g/mol. The largest absolute Gasteiger partial charge is 0.465 e. The topological polar surface area (TPSA) is 43.4 Å². The highest BCUT2D eigenvalue weighted by atomic mass is 32.2. The fraction of sp³-hybridized carbons (Fsp3) is 0.833. The minimum Gasteiger partial charge on any atom is -0.465 e. The Morgan fingerprint density at radius 1 is 1.50 bits per heavy atom. The van der Waals surface area contributed by atoms with Crippen LogP contribution in [0.1, 0.15) is 6.92 Å². The molecule has 62 valence electrons. The third-order valence-corrected chi connectivity index (χ3v) is 1.83. The van der Waals surface area contributed by atoms with Gasteiger partial charge in [0.25, 0.3) is 0 Å². The summed E-state index contributed by atoms with van der Waals surface area (Å²) in [5.41, 5.74) is 0. The van der Waals surface area contributed by atoms with Gasteiger partial charge in [-0.1, -0.05) is 9.93 Å². The first-order valence-electron chi connectivity index (χ1n) is 3.15. The van der Waals surface area contributed by atoms with Crippen molar-refractivity contribution in [1.82, 2.24) is 0 Å². The van der Waals surface area contributed by atoms with Crippen LogP contribution in [-0.4, -0.2) is 35.0 Å². The van der Waals surface area contributed by atoms with Crippen LogP contribution in [-0.2, 0) is 19.5 Å². The molecule has 4 heteroatoms. The van der Waals surface area contributed by atoms with Gasteiger partial charge in [0.2, 0.25) is 0 Å². The van der Waals surface area contributed by atoms with Gasteiger partial charge in [-0.25, -0.2) is 0 Å². The summed E-state index contributed by atoms with van der Waals surface area (Å²) in [5.74, 6) is -0.309. The summed E-state index contributed by atoms with van der Waals surface area (Å²) in [4.78, 5) is 10.7. The summed E-state index contributed by atoms with van der Waals surface area (Å²) in [6, 6.07) is 0. The molecule has 0 radical (unpaired) electrons. The van der Waals surface area contributed by atoms with E-state index in [1.165, 1.54) is 0 Å². The van der Waals surface area contributed by atoms with E-state index in [1.807, 2.05) is 0 Å². The lowest BCUT2D eigenvalue weighted by molar-refractivity contribution is -0.139. The Labute approximate surface area is 62.2 Å². The standard InChI is InChI=1S/C6H14O3S/c1-4-9-6(7)5-10(2,3)8/h10H,4-5H2,1-3H3. The number of esters is 1. The quantitative estimate of drug-likeness (QED) is 0.467. The lowest BCUT2D eigenvalue weighted by atomic mass is 10.8.